The zero-order valence-corrected chi connectivity index (χ0v) is 21.3. The minimum Gasteiger partial charge on any atom is -0.466 e. The Balaban J connectivity index is 1.76. The maximum absolute atomic E-state index is 13.3. The first kappa shape index (κ1) is 24.1. The first-order valence-electron chi connectivity index (χ1n) is 11.8. The van der Waals surface area contributed by atoms with Gasteiger partial charge >= 0.3 is 5.95 Å². The number of hydrogen-bond donors (Lipinski definition) is 1. The highest BCUT2D eigenvalue weighted by atomic mass is 32.2. The lowest BCUT2D eigenvalue weighted by molar-refractivity contribution is -0.381. The molecule has 4 bridgehead atoms. The number of amides is 1. The van der Waals surface area contributed by atoms with Crippen LogP contribution in [0.15, 0.2) is 53.4 Å². The van der Waals surface area contributed by atoms with E-state index in [9.17, 15) is 4.79 Å². The van der Waals surface area contributed by atoms with Crippen LogP contribution in [0.3, 0.4) is 0 Å². The summed E-state index contributed by atoms with van der Waals surface area (Å²) in [5, 5.41) is 0. The van der Waals surface area contributed by atoms with Crippen LogP contribution in [-0.4, -0.2) is 35.5 Å². The van der Waals surface area contributed by atoms with Gasteiger partial charge in [-0.3, -0.25) is 4.79 Å². The first-order chi connectivity index (χ1) is 16.3. The van der Waals surface area contributed by atoms with Crippen molar-refractivity contribution in [2.24, 2.45) is 5.92 Å². The molecule has 0 saturated heterocycles. The van der Waals surface area contributed by atoms with Gasteiger partial charge in [0, 0.05) is 23.1 Å². The summed E-state index contributed by atoms with van der Waals surface area (Å²) in [6, 6.07) is 15.8. The maximum Gasteiger partial charge on any atom is 0.404 e. The molecule has 1 aliphatic heterocycles. The molecule has 1 aliphatic rings. The number of rotatable bonds is 4. The maximum atomic E-state index is 13.3. The van der Waals surface area contributed by atoms with Gasteiger partial charge in [-0.2, -0.15) is 0 Å². The van der Waals surface area contributed by atoms with Crippen LogP contribution in [-0.2, 0) is 0 Å². The number of hydrogen-bond acceptors (Lipinski definition) is 5. The molecule has 0 fully saturated rings. The molecule has 1 aromatic heterocycles. The molecule has 0 aliphatic carbocycles. The number of carbonyl (C=O) groups excluding carboxylic acids is 1. The number of fused-ring (bicyclic) bond motifs is 4. The molecule has 0 spiro atoms. The third kappa shape index (κ3) is 5.53. The standard InChI is InChI=1S/C27H32N4O2S/c1-17(2)12-13-21-16-33-24-15-23(25-18(3)8-6-9-19(25)4)28-27(29-24)30-34-22-11-7-10-20(14-22)26(32)31(21)5/h6-11,14-15,17,21H,12-13,16H2,1-5H3,(H,28,29,30)/p+1/t21-/m1/s1. The van der Waals surface area contributed by atoms with E-state index in [1.807, 2.05) is 42.3 Å². The molecule has 2 aromatic carbocycles. The van der Waals surface area contributed by atoms with Crippen molar-refractivity contribution < 1.29 is 14.5 Å². The van der Waals surface area contributed by atoms with E-state index in [1.165, 1.54) is 11.9 Å². The molecule has 4 rings (SSSR count). The molecular weight excluding hydrogens is 444 g/mol. The minimum absolute atomic E-state index is 0.00379. The number of H-pyrrole nitrogens is 1. The lowest BCUT2D eigenvalue weighted by Gasteiger charge is -2.28. The van der Waals surface area contributed by atoms with E-state index in [0.29, 0.717) is 29.9 Å². The lowest BCUT2D eigenvalue weighted by atomic mass is 10.00. The van der Waals surface area contributed by atoms with Gasteiger partial charge in [-0.25, -0.2) is 9.71 Å². The number of aromatic nitrogens is 2. The van der Waals surface area contributed by atoms with Gasteiger partial charge < -0.3 is 9.64 Å². The molecule has 3 aromatic rings. The molecule has 34 heavy (non-hydrogen) atoms. The highest BCUT2D eigenvalue weighted by Crippen LogP contribution is 2.29. The molecule has 1 amide bonds. The topological polar surface area (TPSA) is 68.6 Å². The normalized spacial score (nSPS) is 16.2. The minimum atomic E-state index is -0.0476. The van der Waals surface area contributed by atoms with Gasteiger partial charge in [-0.1, -0.05) is 43.1 Å². The molecule has 0 radical (unpaired) electrons. The van der Waals surface area contributed by atoms with E-state index in [4.69, 9.17) is 9.72 Å². The third-order valence-corrected chi connectivity index (χ3v) is 6.99. The Morgan fingerprint density at radius 3 is 2.65 bits per heavy atom. The Bertz CT molecular complexity index is 1160. The lowest BCUT2D eigenvalue weighted by Crippen LogP contribution is -2.41. The number of carbonyl (C=O) groups is 1. The fourth-order valence-corrected chi connectivity index (χ4v) is 4.84. The Labute approximate surface area is 206 Å². The van der Waals surface area contributed by atoms with Crippen LogP contribution in [0.25, 0.3) is 11.3 Å². The van der Waals surface area contributed by atoms with Crippen LogP contribution >= 0.6 is 11.9 Å². The van der Waals surface area contributed by atoms with E-state index >= 15 is 0 Å². The van der Waals surface area contributed by atoms with Gasteiger partial charge in [0.05, 0.1) is 24.1 Å². The van der Waals surface area contributed by atoms with Crippen molar-refractivity contribution in [3.05, 3.63) is 65.2 Å². The number of nitrogens with zero attached hydrogens (tertiary/aromatic N) is 2. The molecular formula is C27H33N4O2S+. The van der Waals surface area contributed by atoms with Crippen LogP contribution in [0.2, 0.25) is 0 Å². The second-order valence-electron chi connectivity index (χ2n) is 9.33. The largest absolute Gasteiger partial charge is 0.466 e. The summed E-state index contributed by atoms with van der Waals surface area (Å²) in [4.78, 5) is 24.2. The van der Waals surface area contributed by atoms with Crippen LogP contribution in [0, 0.1) is 19.8 Å². The predicted molar refractivity (Wildman–Crippen MR) is 137 cm³/mol. The van der Waals surface area contributed by atoms with Gasteiger partial charge in [0.2, 0.25) is 0 Å². The number of anilines is 1. The van der Waals surface area contributed by atoms with Gasteiger partial charge in [-0.05, 0) is 61.9 Å². The molecule has 6 nitrogen and oxygen atoms in total. The second-order valence-corrected chi connectivity index (χ2v) is 10.2. The second kappa shape index (κ2) is 10.5. The number of aromatic amines is 1. The molecule has 0 saturated carbocycles. The molecule has 2 N–H and O–H groups in total. The zero-order chi connectivity index (χ0) is 24.2. The van der Waals surface area contributed by atoms with Crippen molar-refractivity contribution in [1.82, 2.24) is 9.88 Å². The Morgan fingerprint density at radius 1 is 1.18 bits per heavy atom. The quantitative estimate of drug-likeness (QED) is 0.498. The van der Waals surface area contributed by atoms with Crippen LogP contribution in [0.4, 0.5) is 5.95 Å². The van der Waals surface area contributed by atoms with E-state index in [-0.39, 0.29) is 11.9 Å². The highest BCUT2D eigenvalue weighted by molar-refractivity contribution is 8.00. The molecule has 178 valence electrons. The molecule has 2 heterocycles. The van der Waals surface area contributed by atoms with E-state index in [2.05, 4.69) is 55.6 Å². The average molecular weight is 478 g/mol. The molecule has 7 heteroatoms. The van der Waals surface area contributed by atoms with Crippen molar-refractivity contribution in [2.45, 2.75) is 51.5 Å². The fraction of sp³-hybridized carbons (Fsp3) is 0.370. The fourth-order valence-electron chi connectivity index (χ4n) is 4.20. The Hall–Kier alpha value is -3.06. The van der Waals surface area contributed by atoms with Crippen LogP contribution in [0.1, 0.15) is 48.2 Å². The summed E-state index contributed by atoms with van der Waals surface area (Å²) in [6.45, 7) is 9.00. The summed E-state index contributed by atoms with van der Waals surface area (Å²) in [5.41, 5.74) is 4.94. The number of aryl methyl sites for hydroxylation is 2. The number of nitrogens with one attached hydrogen (secondary N) is 2. The van der Waals surface area contributed by atoms with E-state index in [0.717, 1.165) is 40.1 Å². The number of likely N-dealkylation sites (N-methyl/N-ethyl adjacent to an activating group) is 1. The average Bonchev–Trinajstić information content (AvgIpc) is 2.81. The summed E-state index contributed by atoms with van der Waals surface area (Å²) in [6.07, 6.45) is 1.89. The highest BCUT2D eigenvalue weighted by Gasteiger charge is 2.25. The monoisotopic (exact) mass is 477 g/mol. The predicted octanol–water partition coefficient (Wildman–Crippen LogP) is 5.57. The van der Waals surface area contributed by atoms with Gasteiger partial charge in [0.25, 0.3) is 11.8 Å². The Morgan fingerprint density at radius 2 is 1.91 bits per heavy atom. The third-order valence-electron chi connectivity index (χ3n) is 6.20. The SMILES string of the molecule is Cc1cccc(C)c1-c1cc2[nH+]c(n1)NSc1cccc(c1)C(=O)N(C)[C@H](CCC(C)C)CO2. The van der Waals surface area contributed by atoms with Crippen LogP contribution < -0.4 is 14.4 Å². The van der Waals surface area contributed by atoms with Crippen molar-refractivity contribution in [2.75, 3.05) is 18.4 Å². The van der Waals surface area contributed by atoms with Gasteiger partial charge in [0.15, 0.2) is 5.69 Å². The summed E-state index contributed by atoms with van der Waals surface area (Å²) in [5.74, 6) is 1.77. The molecule has 0 unspecified atom stereocenters. The van der Waals surface area contributed by atoms with E-state index in [1.54, 1.807) is 0 Å². The van der Waals surface area contributed by atoms with Crippen molar-refractivity contribution in [3.63, 3.8) is 0 Å². The summed E-state index contributed by atoms with van der Waals surface area (Å²) < 4.78 is 9.59. The summed E-state index contributed by atoms with van der Waals surface area (Å²) in [7, 11) is 1.87. The van der Waals surface area contributed by atoms with Gasteiger partial charge in [0.1, 0.15) is 6.61 Å². The number of ether oxygens (including phenoxy) is 1. The number of benzene rings is 2. The molecule has 1 atom stereocenters. The van der Waals surface area contributed by atoms with Gasteiger partial charge in [-0.15, -0.1) is 0 Å². The van der Waals surface area contributed by atoms with E-state index < -0.39 is 0 Å². The smallest absolute Gasteiger partial charge is 0.404 e. The van der Waals surface area contributed by atoms with Crippen molar-refractivity contribution in [1.29, 1.82) is 0 Å². The Kier molecular flexibility index (Phi) is 7.41. The van der Waals surface area contributed by atoms with Crippen molar-refractivity contribution >= 4 is 23.8 Å². The summed E-state index contributed by atoms with van der Waals surface area (Å²) >= 11 is 1.41. The first-order valence-corrected chi connectivity index (χ1v) is 12.6. The van der Waals surface area contributed by atoms with Crippen molar-refractivity contribution in [3.8, 4) is 17.1 Å². The zero-order valence-electron chi connectivity index (χ0n) is 20.5. The van der Waals surface area contributed by atoms with Crippen LogP contribution in [0.5, 0.6) is 5.88 Å².